The molecule has 1 amide bonds. The number of rotatable bonds is 2. The molecule has 0 aliphatic carbocycles. The molecule has 2 heterocycles. The van der Waals surface area contributed by atoms with Gasteiger partial charge in [-0.1, -0.05) is 0 Å². The summed E-state index contributed by atoms with van der Waals surface area (Å²) >= 11 is 6.39. The first-order chi connectivity index (χ1) is 8.83. The molecule has 0 saturated carbocycles. The Balaban J connectivity index is 2.04. The van der Waals surface area contributed by atoms with Gasteiger partial charge in [0.05, 0.1) is 14.4 Å². The minimum absolute atomic E-state index is 0.485. The summed E-state index contributed by atoms with van der Waals surface area (Å²) in [5.41, 5.74) is 0.342. The lowest BCUT2D eigenvalue weighted by Crippen LogP contribution is -2.27. The summed E-state index contributed by atoms with van der Waals surface area (Å²) in [6.07, 6.45) is -0.485. The standard InChI is InChI=1S/C12H13BrN2O2S2/c1-12(2,3)17-11(16)15-10-14-7(6-18-10)8-4-5-9(13)19-8/h4-6H,1-3H3,(H,14,15,16). The molecular formula is C12H13BrN2O2S2. The second kappa shape index (κ2) is 5.60. The molecule has 0 bridgehead atoms. The molecule has 7 heteroatoms. The predicted molar refractivity (Wildman–Crippen MR) is 83.0 cm³/mol. The van der Waals surface area contributed by atoms with Crippen molar-refractivity contribution in [3.63, 3.8) is 0 Å². The number of thiazole rings is 1. The van der Waals surface area contributed by atoms with Crippen molar-refractivity contribution in [3.8, 4) is 10.6 Å². The van der Waals surface area contributed by atoms with Crippen LogP contribution in [-0.4, -0.2) is 16.7 Å². The van der Waals surface area contributed by atoms with Gasteiger partial charge in [-0.05, 0) is 48.8 Å². The van der Waals surface area contributed by atoms with E-state index in [0.29, 0.717) is 5.13 Å². The average molecular weight is 361 g/mol. The van der Waals surface area contributed by atoms with Gasteiger partial charge in [-0.2, -0.15) is 0 Å². The highest BCUT2D eigenvalue weighted by Gasteiger charge is 2.17. The molecule has 0 aliphatic rings. The van der Waals surface area contributed by atoms with Crippen LogP contribution in [0.2, 0.25) is 0 Å². The van der Waals surface area contributed by atoms with Crippen LogP contribution in [0.4, 0.5) is 9.93 Å². The fraction of sp³-hybridized carbons (Fsp3) is 0.333. The second-order valence-electron chi connectivity index (χ2n) is 4.77. The summed E-state index contributed by atoms with van der Waals surface area (Å²) in [5.74, 6) is 0. The van der Waals surface area contributed by atoms with E-state index in [9.17, 15) is 4.79 Å². The molecule has 2 rings (SSSR count). The van der Waals surface area contributed by atoms with Crippen LogP contribution in [0.3, 0.4) is 0 Å². The number of hydrogen-bond acceptors (Lipinski definition) is 5. The summed E-state index contributed by atoms with van der Waals surface area (Å²) in [6.45, 7) is 5.47. The van der Waals surface area contributed by atoms with Gasteiger partial charge in [-0.3, -0.25) is 5.32 Å². The number of nitrogens with zero attached hydrogens (tertiary/aromatic N) is 1. The number of carbonyl (C=O) groups excluding carboxylic acids is 1. The van der Waals surface area contributed by atoms with Crippen LogP contribution < -0.4 is 5.32 Å². The van der Waals surface area contributed by atoms with Crippen molar-refractivity contribution in [1.29, 1.82) is 0 Å². The molecule has 0 aromatic carbocycles. The minimum Gasteiger partial charge on any atom is -0.444 e. The van der Waals surface area contributed by atoms with Crippen LogP contribution in [0.5, 0.6) is 0 Å². The van der Waals surface area contributed by atoms with E-state index >= 15 is 0 Å². The van der Waals surface area contributed by atoms with Gasteiger partial charge in [-0.15, -0.1) is 22.7 Å². The highest BCUT2D eigenvalue weighted by Crippen LogP contribution is 2.33. The Morgan fingerprint density at radius 1 is 1.42 bits per heavy atom. The van der Waals surface area contributed by atoms with Gasteiger partial charge in [-0.25, -0.2) is 9.78 Å². The Morgan fingerprint density at radius 2 is 2.16 bits per heavy atom. The number of amides is 1. The van der Waals surface area contributed by atoms with E-state index in [1.807, 2.05) is 38.3 Å². The molecule has 0 aliphatic heterocycles. The predicted octanol–water partition coefficient (Wildman–Crippen LogP) is 4.98. The second-order valence-corrected chi connectivity index (χ2v) is 8.09. The molecule has 1 N–H and O–H groups in total. The van der Waals surface area contributed by atoms with Crippen molar-refractivity contribution in [2.75, 3.05) is 5.32 Å². The first-order valence-corrected chi connectivity index (χ1v) is 8.04. The summed E-state index contributed by atoms with van der Waals surface area (Å²) in [6, 6.07) is 3.96. The van der Waals surface area contributed by atoms with Crippen molar-refractivity contribution in [3.05, 3.63) is 21.3 Å². The molecule has 2 aromatic heterocycles. The fourth-order valence-electron chi connectivity index (χ4n) is 1.29. The minimum atomic E-state index is -0.511. The van der Waals surface area contributed by atoms with Crippen molar-refractivity contribution in [2.45, 2.75) is 26.4 Å². The molecule has 0 spiro atoms. The lowest BCUT2D eigenvalue weighted by molar-refractivity contribution is 0.0636. The molecule has 0 radical (unpaired) electrons. The Kier molecular flexibility index (Phi) is 4.27. The first kappa shape index (κ1) is 14.5. The van der Waals surface area contributed by atoms with Crippen molar-refractivity contribution in [1.82, 2.24) is 4.98 Å². The molecule has 4 nitrogen and oxygen atoms in total. The lowest BCUT2D eigenvalue weighted by Gasteiger charge is -2.18. The zero-order valence-corrected chi connectivity index (χ0v) is 13.9. The van der Waals surface area contributed by atoms with Crippen molar-refractivity contribution < 1.29 is 9.53 Å². The SMILES string of the molecule is CC(C)(C)OC(=O)Nc1nc(-c2ccc(Br)s2)cs1. The van der Waals surface area contributed by atoms with E-state index in [-0.39, 0.29) is 0 Å². The van der Waals surface area contributed by atoms with E-state index in [4.69, 9.17) is 4.74 Å². The number of anilines is 1. The molecule has 0 fully saturated rings. The molecule has 0 saturated heterocycles. The zero-order valence-electron chi connectivity index (χ0n) is 10.7. The number of carbonyl (C=O) groups is 1. The number of ether oxygens (including phenoxy) is 1. The average Bonchev–Trinajstić information content (AvgIpc) is 2.83. The van der Waals surface area contributed by atoms with Crippen LogP contribution in [0.15, 0.2) is 21.3 Å². The van der Waals surface area contributed by atoms with Gasteiger partial charge in [0.1, 0.15) is 5.60 Å². The summed E-state index contributed by atoms with van der Waals surface area (Å²) in [7, 11) is 0. The van der Waals surface area contributed by atoms with E-state index in [2.05, 4.69) is 26.2 Å². The largest absolute Gasteiger partial charge is 0.444 e. The number of nitrogens with one attached hydrogen (secondary N) is 1. The summed E-state index contributed by atoms with van der Waals surface area (Å²) in [4.78, 5) is 17.0. The van der Waals surface area contributed by atoms with Crippen molar-refractivity contribution in [2.24, 2.45) is 0 Å². The van der Waals surface area contributed by atoms with E-state index < -0.39 is 11.7 Å². The first-order valence-electron chi connectivity index (χ1n) is 5.55. The quantitative estimate of drug-likeness (QED) is 0.821. The van der Waals surface area contributed by atoms with Gasteiger partial charge in [0.2, 0.25) is 0 Å². The van der Waals surface area contributed by atoms with Crippen LogP contribution in [0.1, 0.15) is 20.8 Å². The molecular weight excluding hydrogens is 348 g/mol. The van der Waals surface area contributed by atoms with Gasteiger partial charge < -0.3 is 4.74 Å². The topological polar surface area (TPSA) is 51.2 Å². The fourth-order valence-corrected chi connectivity index (χ4v) is 3.40. The summed E-state index contributed by atoms with van der Waals surface area (Å²) < 4.78 is 6.23. The van der Waals surface area contributed by atoms with Crippen LogP contribution in [0.25, 0.3) is 10.6 Å². The Hall–Kier alpha value is -0.920. The van der Waals surface area contributed by atoms with Crippen LogP contribution >= 0.6 is 38.6 Å². The van der Waals surface area contributed by atoms with Crippen LogP contribution in [-0.2, 0) is 4.74 Å². The van der Waals surface area contributed by atoms with E-state index in [1.54, 1.807) is 11.3 Å². The Labute approximate surface area is 128 Å². The summed E-state index contributed by atoms with van der Waals surface area (Å²) in [5, 5.41) is 5.08. The Bertz CT molecular complexity index is 587. The van der Waals surface area contributed by atoms with Gasteiger partial charge in [0.25, 0.3) is 0 Å². The highest BCUT2D eigenvalue weighted by atomic mass is 79.9. The number of thiophene rings is 1. The third-order valence-corrected chi connectivity index (χ3v) is 4.34. The van der Waals surface area contributed by atoms with Gasteiger partial charge in [0.15, 0.2) is 5.13 Å². The third kappa shape index (κ3) is 4.29. The lowest BCUT2D eigenvalue weighted by atomic mass is 10.2. The maximum absolute atomic E-state index is 11.6. The molecule has 0 unspecified atom stereocenters. The maximum Gasteiger partial charge on any atom is 0.413 e. The van der Waals surface area contributed by atoms with Gasteiger partial charge in [0, 0.05) is 5.38 Å². The van der Waals surface area contributed by atoms with Gasteiger partial charge >= 0.3 is 6.09 Å². The molecule has 0 atom stereocenters. The zero-order chi connectivity index (χ0) is 14.0. The maximum atomic E-state index is 11.6. The number of hydrogen-bond donors (Lipinski definition) is 1. The molecule has 19 heavy (non-hydrogen) atoms. The molecule has 2 aromatic rings. The van der Waals surface area contributed by atoms with E-state index in [0.717, 1.165) is 14.4 Å². The van der Waals surface area contributed by atoms with Crippen molar-refractivity contribution >= 4 is 49.8 Å². The monoisotopic (exact) mass is 360 g/mol. The normalized spacial score (nSPS) is 11.4. The van der Waals surface area contributed by atoms with E-state index in [1.165, 1.54) is 11.3 Å². The number of halogens is 1. The van der Waals surface area contributed by atoms with Crippen LogP contribution in [0, 0.1) is 0 Å². The third-order valence-electron chi connectivity index (χ3n) is 1.94. The number of aromatic nitrogens is 1. The Morgan fingerprint density at radius 3 is 2.74 bits per heavy atom. The smallest absolute Gasteiger partial charge is 0.413 e. The molecule has 102 valence electrons. The highest BCUT2D eigenvalue weighted by molar-refractivity contribution is 9.11.